The molecule has 0 N–H and O–H groups in total. The molecule has 31 heavy (non-hydrogen) atoms. The molecule has 4 nitrogen and oxygen atoms in total. The number of methoxy groups -OCH3 is 2. The molecule has 2 bridgehead atoms. The lowest BCUT2D eigenvalue weighted by atomic mass is 9.43. The van der Waals surface area contributed by atoms with Crippen molar-refractivity contribution in [2.24, 2.45) is 39.9 Å². The first-order valence-corrected chi connectivity index (χ1v) is 12.9. The number of ether oxygens (including phenoxy) is 3. The van der Waals surface area contributed by atoms with Crippen molar-refractivity contribution in [3.05, 3.63) is 0 Å². The lowest BCUT2D eigenvalue weighted by Crippen LogP contribution is -2.63. The van der Waals surface area contributed by atoms with Crippen LogP contribution in [-0.2, 0) is 19.0 Å². The van der Waals surface area contributed by atoms with Crippen molar-refractivity contribution in [1.29, 1.82) is 0 Å². The summed E-state index contributed by atoms with van der Waals surface area (Å²) >= 11 is 0. The van der Waals surface area contributed by atoms with Gasteiger partial charge in [0.05, 0.1) is 12.2 Å². The Kier molecular flexibility index (Phi) is 6.67. The second-order valence-electron chi connectivity index (χ2n) is 11.9. The van der Waals surface area contributed by atoms with Crippen LogP contribution in [0.25, 0.3) is 0 Å². The molecule has 4 heteroatoms. The zero-order valence-corrected chi connectivity index (χ0v) is 20.9. The molecule has 0 amide bonds. The number of hydrogen-bond acceptors (Lipinski definition) is 4. The van der Waals surface area contributed by atoms with Crippen molar-refractivity contribution in [2.45, 2.75) is 104 Å². The highest BCUT2D eigenvalue weighted by atomic mass is 16.7. The van der Waals surface area contributed by atoms with Crippen LogP contribution in [-0.4, -0.2) is 39.0 Å². The predicted octanol–water partition coefficient (Wildman–Crippen LogP) is 6.02. The van der Waals surface area contributed by atoms with Crippen LogP contribution in [0.1, 0.15) is 91.9 Å². The summed E-state index contributed by atoms with van der Waals surface area (Å²) in [5.74, 6) is 2.00. The molecule has 4 rings (SSSR count). The first kappa shape index (κ1) is 23.7. The third-order valence-electron chi connectivity index (χ3n) is 11.0. The van der Waals surface area contributed by atoms with Gasteiger partial charge in [0.1, 0.15) is 12.6 Å². The number of carbonyl (C=O) groups is 1. The Bertz CT molecular complexity index is 658. The summed E-state index contributed by atoms with van der Waals surface area (Å²) < 4.78 is 18.1. The van der Waals surface area contributed by atoms with Gasteiger partial charge in [-0.2, -0.15) is 0 Å². The lowest BCUT2D eigenvalue weighted by molar-refractivity contribution is -0.223. The Hall–Kier alpha value is -0.450. The molecule has 0 spiro atoms. The summed E-state index contributed by atoms with van der Waals surface area (Å²) in [7, 11) is 3.58. The number of Topliss-reactive ketones (excluding diaryl/α,β-unsaturated/α-hetero) is 1. The van der Waals surface area contributed by atoms with Crippen LogP contribution in [0.5, 0.6) is 0 Å². The van der Waals surface area contributed by atoms with Gasteiger partial charge in [-0.3, -0.25) is 4.79 Å². The molecule has 0 aliphatic heterocycles. The summed E-state index contributed by atoms with van der Waals surface area (Å²) in [6, 6.07) is 0. The Balaban J connectivity index is 1.85. The van der Waals surface area contributed by atoms with Crippen molar-refractivity contribution in [3.8, 4) is 0 Å². The maximum absolute atomic E-state index is 14.4. The SMILES string of the molecule is COCO[C@@H]1C[C@@](C)(C2CCCCC2)C(=O)[C@H](C)C23CC[C@@H](C)[C@]1(C)C2[C@H](OC)CC3. The summed E-state index contributed by atoms with van der Waals surface area (Å²) in [5.41, 5.74) is -0.275. The van der Waals surface area contributed by atoms with E-state index in [0.717, 1.165) is 25.7 Å². The van der Waals surface area contributed by atoms with E-state index in [0.29, 0.717) is 30.3 Å². The van der Waals surface area contributed by atoms with Crippen LogP contribution in [0.15, 0.2) is 0 Å². The first-order valence-electron chi connectivity index (χ1n) is 12.9. The van der Waals surface area contributed by atoms with Gasteiger partial charge in [-0.15, -0.1) is 0 Å². The van der Waals surface area contributed by atoms with Crippen LogP contribution in [0.3, 0.4) is 0 Å². The fourth-order valence-electron chi connectivity index (χ4n) is 8.94. The quantitative estimate of drug-likeness (QED) is 0.496. The fraction of sp³-hybridized carbons (Fsp3) is 0.963. The normalized spacial score (nSPS) is 48.8. The standard InChI is InChI=1S/C27H46O4/c1-18-12-14-27-15-13-21(30-6)23(27)26(18,4)22(31-17-29-5)16-25(3,24(28)19(27)2)20-10-8-7-9-11-20/h18-23H,7-17H2,1-6H3/t18-,19+,21-,22-,23?,25+,26+,27?/m1/s1. The Labute approximate surface area is 190 Å². The third-order valence-corrected chi connectivity index (χ3v) is 11.0. The van der Waals surface area contributed by atoms with Crippen molar-refractivity contribution in [1.82, 2.24) is 0 Å². The second kappa shape index (κ2) is 8.72. The topological polar surface area (TPSA) is 44.8 Å². The lowest BCUT2D eigenvalue weighted by Gasteiger charge is -2.63. The second-order valence-corrected chi connectivity index (χ2v) is 11.9. The van der Waals surface area contributed by atoms with Crippen LogP contribution in [0.2, 0.25) is 0 Å². The minimum absolute atomic E-state index is 0.0150. The molecule has 4 fully saturated rings. The molecule has 8 atom stereocenters. The van der Waals surface area contributed by atoms with Gasteiger partial charge in [0, 0.05) is 31.0 Å². The van der Waals surface area contributed by atoms with Crippen molar-refractivity contribution >= 4 is 5.78 Å². The minimum atomic E-state index is -0.306. The number of hydrogen-bond donors (Lipinski definition) is 0. The average Bonchev–Trinajstić information content (AvgIpc) is 3.19. The van der Waals surface area contributed by atoms with Gasteiger partial charge in [0.15, 0.2) is 0 Å². The Morgan fingerprint density at radius 3 is 2.29 bits per heavy atom. The third kappa shape index (κ3) is 3.46. The van der Waals surface area contributed by atoms with E-state index in [4.69, 9.17) is 14.2 Å². The molecule has 4 aliphatic rings. The van der Waals surface area contributed by atoms with Gasteiger partial charge in [-0.05, 0) is 68.1 Å². The monoisotopic (exact) mass is 434 g/mol. The summed E-state index contributed by atoms with van der Waals surface area (Å²) in [5, 5.41) is 0. The van der Waals surface area contributed by atoms with Crippen LogP contribution >= 0.6 is 0 Å². The van der Waals surface area contributed by atoms with Crippen molar-refractivity contribution in [3.63, 3.8) is 0 Å². The van der Waals surface area contributed by atoms with Crippen LogP contribution in [0.4, 0.5) is 0 Å². The number of rotatable bonds is 5. The molecule has 178 valence electrons. The molecule has 0 saturated heterocycles. The number of ketones is 1. The fourth-order valence-corrected chi connectivity index (χ4v) is 8.94. The maximum atomic E-state index is 14.4. The molecule has 4 saturated carbocycles. The van der Waals surface area contributed by atoms with Gasteiger partial charge < -0.3 is 14.2 Å². The zero-order valence-electron chi connectivity index (χ0n) is 20.9. The molecular weight excluding hydrogens is 388 g/mol. The van der Waals surface area contributed by atoms with E-state index in [1.807, 2.05) is 7.11 Å². The van der Waals surface area contributed by atoms with E-state index in [2.05, 4.69) is 27.7 Å². The van der Waals surface area contributed by atoms with E-state index in [-0.39, 0.29) is 34.4 Å². The van der Waals surface area contributed by atoms with Gasteiger partial charge >= 0.3 is 0 Å². The number of carbonyl (C=O) groups excluding carboxylic acids is 1. The summed E-state index contributed by atoms with van der Waals surface area (Å²) in [4.78, 5) is 14.4. The van der Waals surface area contributed by atoms with Gasteiger partial charge in [-0.1, -0.05) is 47.0 Å². The Morgan fingerprint density at radius 2 is 1.65 bits per heavy atom. The van der Waals surface area contributed by atoms with Crippen molar-refractivity contribution in [2.75, 3.05) is 21.0 Å². The van der Waals surface area contributed by atoms with E-state index in [1.54, 1.807) is 7.11 Å². The van der Waals surface area contributed by atoms with E-state index in [9.17, 15) is 4.79 Å². The van der Waals surface area contributed by atoms with Gasteiger partial charge in [0.2, 0.25) is 0 Å². The zero-order chi connectivity index (χ0) is 22.4. The molecule has 0 radical (unpaired) electrons. The maximum Gasteiger partial charge on any atom is 0.146 e. The molecule has 4 aliphatic carbocycles. The van der Waals surface area contributed by atoms with E-state index < -0.39 is 0 Å². The largest absolute Gasteiger partial charge is 0.381 e. The van der Waals surface area contributed by atoms with Crippen LogP contribution in [0, 0.1) is 39.9 Å². The van der Waals surface area contributed by atoms with E-state index in [1.165, 1.54) is 38.5 Å². The van der Waals surface area contributed by atoms with Gasteiger partial charge in [-0.25, -0.2) is 0 Å². The summed E-state index contributed by atoms with van der Waals surface area (Å²) in [6.45, 7) is 9.77. The highest BCUT2D eigenvalue weighted by Gasteiger charge is 2.68. The minimum Gasteiger partial charge on any atom is -0.381 e. The predicted molar refractivity (Wildman–Crippen MR) is 123 cm³/mol. The van der Waals surface area contributed by atoms with Crippen molar-refractivity contribution < 1.29 is 19.0 Å². The molecule has 0 heterocycles. The molecule has 0 aromatic heterocycles. The summed E-state index contributed by atoms with van der Waals surface area (Å²) in [6.07, 6.45) is 11.8. The molecule has 2 unspecified atom stereocenters. The molecule has 0 aromatic carbocycles. The molecular formula is C27H46O4. The Morgan fingerprint density at radius 1 is 0.968 bits per heavy atom. The van der Waals surface area contributed by atoms with Crippen LogP contribution < -0.4 is 0 Å². The van der Waals surface area contributed by atoms with E-state index >= 15 is 0 Å². The highest BCUT2D eigenvalue weighted by Crippen LogP contribution is 2.69. The molecule has 0 aromatic rings. The first-order chi connectivity index (χ1) is 14.8. The average molecular weight is 435 g/mol. The smallest absolute Gasteiger partial charge is 0.146 e. The van der Waals surface area contributed by atoms with Gasteiger partial charge in [0.25, 0.3) is 0 Å². The highest BCUT2D eigenvalue weighted by molar-refractivity contribution is 5.88.